The van der Waals surface area contributed by atoms with Crippen LogP contribution in [0.1, 0.15) is 0 Å². The highest BCUT2D eigenvalue weighted by molar-refractivity contribution is 5.60. The van der Waals surface area contributed by atoms with Gasteiger partial charge in [0, 0.05) is 18.2 Å². The normalized spacial score (nSPS) is 10.7. The zero-order chi connectivity index (χ0) is 16.1. The number of rotatable bonds is 5. The van der Waals surface area contributed by atoms with Gasteiger partial charge in [0.1, 0.15) is 0 Å². The maximum Gasteiger partial charge on any atom is 0.203 e. The number of benzene rings is 2. The number of hydrogen-bond donors (Lipinski definition) is 1. The summed E-state index contributed by atoms with van der Waals surface area (Å²) in [5.74, 6) is 0.119. The van der Waals surface area contributed by atoms with E-state index < -0.39 is 11.6 Å². The summed E-state index contributed by atoms with van der Waals surface area (Å²) in [7, 11) is 4.49. The van der Waals surface area contributed by atoms with Crippen LogP contribution in [0, 0.1) is 5.82 Å². The average Bonchev–Trinajstić information content (AvgIpc) is 2.54. The summed E-state index contributed by atoms with van der Waals surface area (Å²) >= 11 is 0. The first kappa shape index (κ1) is 15.6. The molecule has 6 nitrogen and oxygen atoms in total. The molecule has 2 rings (SSSR count). The van der Waals surface area contributed by atoms with Gasteiger partial charge >= 0.3 is 0 Å². The predicted molar refractivity (Wildman–Crippen MR) is 78.3 cm³/mol. The van der Waals surface area contributed by atoms with Crippen LogP contribution in [-0.4, -0.2) is 26.4 Å². The summed E-state index contributed by atoms with van der Waals surface area (Å²) in [6.45, 7) is 0. The maximum absolute atomic E-state index is 13.2. The highest BCUT2D eigenvalue weighted by atomic mass is 19.1. The number of phenols is 1. The lowest BCUT2D eigenvalue weighted by molar-refractivity contribution is 0.324. The van der Waals surface area contributed by atoms with E-state index in [9.17, 15) is 4.39 Å². The van der Waals surface area contributed by atoms with E-state index in [1.165, 1.54) is 33.5 Å². The largest absolute Gasteiger partial charge is 0.505 e. The fourth-order valence-electron chi connectivity index (χ4n) is 1.80. The first-order valence-electron chi connectivity index (χ1n) is 6.29. The van der Waals surface area contributed by atoms with Crippen molar-refractivity contribution in [2.45, 2.75) is 0 Å². The van der Waals surface area contributed by atoms with Gasteiger partial charge < -0.3 is 19.3 Å². The third kappa shape index (κ3) is 3.25. The quantitative estimate of drug-likeness (QED) is 0.848. The van der Waals surface area contributed by atoms with Crippen LogP contribution in [0.2, 0.25) is 0 Å². The Kier molecular flexibility index (Phi) is 4.77. The highest BCUT2D eigenvalue weighted by Gasteiger charge is 2.13. The molecule has 2 aromatic carbocycles. The molecular formula is C15H15FN2O4. The molecule has 0 amide bonds. The van der Waals surface area contributed by atoms with Gasteiger partial charge in [0.05, 0.1) is 32.7 Å². The molecule has 0 saturated carbocycles. The van der Waals surface area contributed by atoms with Crippen LogP contribution < -0.4 is 14.2 Å². The van der Waals surface area contributed by atoms with Crippen LogP contribution in [0.4, 0.5) is 15.8 Å². The SMILES string of the molecule is COc1cc(/N=N/c2ccc(O)c(F)c2)cc(OC)c1OC. The molecule has 0 atom stereocenters. The zero-order valence-electron chi connectivity index (χ0n) is 12.3. The minimum atomic E-state index is -0.763. The lowest BCUT2D eigenvalue weighted by atomic mass is 10.2. The maximum atomic E-state index is 13.2. The lowest BCUT2D eigenvalue weighted by Crippen LogP contribution is -1.94. The van der Waals surface area contributed by atoms with E-state index in [4.69, 9.17) is 19.3 Å². The monoisotopic (exact) mass is 306 g/mol. The smallest absolute Gasteiger partial charge is 0.203 e. The molecule has 1 N–H and O–H groups in total. The molecule has 0 radical (unpaired) electrons. The van der Waals surface area contributed by atoms with Gasteiger partial charge in [0.25, 0.3) is 0 Å². The van der Waals surface area contributed by atoms with Crippen LogP contribution in [0.5, 0.6) is 23.0 Å². The molecule has 0 aliphatic carbocycles. The second-order valence-corrected chi connectivity index (χ2v) is 4.22. The fraction of sp³-hybridized carbons (Fsp3) is 0.200. The second kappa shape index (κ2) is 6.75. The minimum absolute atomic E-state index is 0.268. The predicted octanol–water partition coefficient (Wildman–Crippen LogP) is 3.97. The van der Waals surface area contributed by atoms with E-state index in [0.29, 0.717) is 22.9 Å². The van der Waals surface area contributed by atoms with Crippen molar-refractivity contribution >= 4 is 11.4 Å². The van der Waals surface area contributed by atoms with Gasteiger partial charge in [-0.15, -0.1) is 0 Å². The number of hydrogen-bond acceptors (Lipinski definition) is 6. The Labute approximate surface area is 126 Å². The van der Waals surface area contributed by atoms with Crippen molar-refractivity contribution in [1.82, 2.24) is 0 Å². The Balaban J connectivity index is 2.36. The zero-order valence-corrected chi connectivity index (χ0v) is 12.3. The van der Waals surface area contributed by atoms with E-state index in [1.807, 2.05) is 0 Å². The van der Waals surface area contributed by atoms with Crippen LogP contribution in [0.3, 0.4) is 0 Å². The molecule has 7 heteroatoms. The Morgan fingerprint density at radius 2 is 1.45 bits per heavy atom. The van der Waals surface area contributed by atoms with Gasteiger partial charge in [-0.1, -0.05) is 0 Å². The van der Waals surface area contributed by atoms with Crippen molar-refractivity contribution < 1.29 is 23.7 Å². The first-order valence-corrected chi connectivity index (χ1v) is 6.29. The number of methoxy groups -OCH3 is 3. The van der Waals surface area contributed by atoms with E-state index in [1.54, 1.807) is 12.1 Å². The third-order valence-corrected chi connectivity index (χ3v) is 2.86. The van der Waals surface area contributed by atoms with Crippen molar-refractivity contribution in [3.63, 3.8) is 0 Å². The number of halogens is 1. The third-order valence-electron chi connectivity index (χ3n) is 2.86. The van der Waals surface area contributed by atoms with Gasteiger partial charge in [-0.2, -0.15) is 10.2 Å². The van der Waals surface area contributed by atoms with Crippen LogP contribution >= 0.6 is 0 Å². The van der Waals surface area contributed by atoms with Gasteiger partial charge in [-0.05, 0) is 12.1 Å². The molecule has 0 unspecified atom stereocenters. The number of azo groups is 1. The molecule has 22 heavy (non-hydrogen) atoms. The summed E-state index contributed by atoms with van der Waals surface area (Å²) in [5, 5.41) is 17.0. The summed E-state index contributed by atoms with van der Waals surface area (Å²) < 4.78 is 28.9. The van der Waals surface area contributed by atoms with E-state index in [-0.39, 0.29) is 5.69 Å². The molecule has 2 aromatic rings. The van der Waals surface area contributed by atoms with Crippen molar-refractivity contribution in [2.24, 2.45) is 10.2 Å². The molecule has 0 heterocycles. The number of nitrogens with zero attached hydrogens (tertiary/aromatic N) is 2. The molecule has 0 fully saturated rings. The van der Waals surface area contributed by atoms with E-state index in [2.05, 4.69) is 10.2 Å². The first-order chi connectivity index (χ1) is 10.6. The average molecular weight is 306 g/mol. The van der Waals surface area contributed by atoms with Crippen LogP contribution in [0.25, 0.3) is 0 Å². The van der Waals surface area contributed by atoms with Crippen LogP contribution in [0.15, 0.2) is 40.6 Å². The Hall–Kier alpha value is -2.83. The Morgan fingerprint density at radius 3 is 1.95 bits per heavy atom. The second-order valence-electron chi connectivity index (χ2n) is 4.22. The highest BCUT2D eigenvalue weighted by Crippen LogP contribution is 2.41. The molecule has 116 valence electrons. The molecular weight excluding hydrogens is 291 g/mol. The van der Waals surface area contributed by atoms with E-state index >= 15 is 0 Å². The van der Waals surface area contributed by atoms with Gasteiger partial charge in [-0.3, -0.25) is 0 Å². The lowest BCUT2D eigenvalue weighted by Gasteiger charge is -2.12. The van der Waals surface area contributed by atoms with Gasteiger partial charge in [0.2, 0.25) is 5.75 Å². The van der Waals surface area contributed by atoms with E-state index in [0.717, 1.165) is 6.07 Å². The molecule has 0 saturated heterocycles. The molecule has 0 aromatic heterocycles. The number of ether oxygens (including phenoxy) is 3. The molecule has 0 aliphatic rings. The molecule has 0 bridgehead atoms. The van der Waals surface area contributed by atoms with Crippen molar-refractivity contribution in [2.75, 3.05) is 21.3 Å². The fourth-order valence-corrected chi connectivity index (χ4v) is 1.80. The van der Waals surface area contributed by atoms with Crippen molar-refractivity contribution in [1.29, 1.82) is 0 Å². The van der Waals surface area contributed by atoms with Crippen LogP contribution in [-0.2, 0) is 0 Å². The number of phenolic OH excluding ortho intramolecular Hbond substituents is 1. The standard InChI is InChI=1S/C15H15FN2O4/c1-20-13-7-10(8-14(21-2)15(13)22-3)18-17-9-4-5-12(19)11(16)6-9/h4-8,19H,1-3H3/b18-17+. The van der Waals surface area contributed by atoms with Crippen molar-refractivity contribution in [3.8, 4) is 23.0 Å². The van der Waals surface area contributed by atoms with Gasteiger partial charge in [-0.25, -0.2) is 4.39 Å². The summed E-state index contributed by atoms with van der Waals surface area (Å²) in [4.78, 5) is 0. The number of aromatic hydroxyl groups is 1. The summed E-state index contributed by atoms with van der Waals surface area (Å²) in [5.41, 5.74) is 0.715. The molecule has 0 aliphatic heterocycles. The Bertz CT molecular complexity index is 679. The minimum Gasteiger partial charge on any atom is -0.505 e. The summed E-state index contributed by atoms with van der Waals surface area (Å²) in [6.07, 6.45) is 0. The topological polar surface area (TPSA) is 72.6 Å². The summed E-state index contributed by atoms with van der Waals surface area (Å²) in [6, 6.07) is 6.96. The van der Waals surface area contributed by atoms with Crippen molar-refractivity contribution in [3.05, 3.63) is 36.1 Å². The van der Waals surface area contributed by atoms with Gasteiger partial charge in [0.15, 0.2) is 23.1 Å². The Morgan fingerprint density at radius 1 is 0.864 bits per heavy atom. The molecule has 0 spiro atoms.